The number of halogens is 2. The van der Waals surface area contributed by atoms with Crippen molar-refractivity contribution in [3.8, 4) is 10.6 Å². The first-order valence-corrected chi connectivity index (χ1v) is 6.67. The second kappa shape index (κ2) is 5.53. The summed E-state index contributed by atoms with van der Waals surface area (Å²) in [7, 11) is 0. The third-order valence-electron chi connectivity index (χ3n) is 2.06. The first-order valence-electron chi connectivity index (χ1n) is 5.06. The van der Waals surface area contributed by atoms with Gasteiger partial charge < -0.3 is 4.74 Å². The quantitative estimate of drug-likeness (QED) is 0.810. The van der Waals surface area contributed by atoms with Crippen LogP contribution in [0.4, 0.5) is 4.39 Å². The largest absolute Gasteiger partial charge is 0.461 e. The van der Waals surface area contributed by atoms with E-state index < -0.39 is 11.8 Å². The summed E-state index contributed by atoms with van der Waals surface area (Å²) >= 11 is 4.61. The molecule has 4 nitrogen and oxygen atoms in total. The SMILES string of the molecule is CCOC(=O)c1ncnc(-c2ccc(Br)s2)c1F. The van der Waals surface area contributed by atoms with Crippen molar-refractivity contribution in [1.82, 2.24) is 9.97 Å². The predicted octanol–water partition coefficient (Wildman–Crippen LogP) is 3.28. The van der Waals surface area contributed by atoms with Crippen LogP contribution in [0, 0.1) is 5.82 Å². The summed E-state index contributed by atoms with van der Waals surface area (Å²) in [6.45, 7) is 1.82. The van der Waals surface area contributed by atoms with E-state index >= 15 is 0 Å². The first kappa shape index (κ1) is 13.1. The van der Waals surface area contributed by atoms with Crippen LogP contribution in [0.3, 0.4) is 0 Å². The maximum atomic E-state index is 14.1. The van der Waals surface area contributed by atoms with E-state index in [1.165, 1.54) is 11.3 Å². The van der Waals surface area contributed by atoms with Gasteiger partial charge in [0.25, 0.3) is 0 Å². The molecule has 0 amide bonds. The van der Waals surface area contributed by atoms with E-state index in [4.69, 9.17) is 4.74 Å². The number of carbonyl (C=O) groups is 1. The predicted molar refractivity (Wildman–Crippen MR) is 69.0 cm³/mol. The zero-order chi connectivity index (χ0) is 13.1. The summed E-state index contributed by atoms with van der Waals surface area (Å²) in [4.78, 5) is 19.6. The molecule has 0 aromatic carbocycles. The molecule has 2 heterocycles. The van der Waals surface area contributed by atoms with E-state index in [1.54, 1.807) is 19.1 Å². The van der Waals surface area contributed by atoms with Crippen LogP contribution in [0.5, 0.6) is 0 Å². The van der Waals surface area contributed by atoms with Gasteiger partial charge in [0.15, 0.2) is 11.5 Å². The van der Waals surface area contributed by atoms with Crippen LogP contribution in [0.15, 0.2) is 22.2 Å². The van der Waals surface area contributed by atoms with E-state index in [9.17, 15) is 9.18 Å². The number of esters is 1. The molecule has 94 valence electrons. The number of carbonyl (C=O) groups excluding carboxylic acids is 1. The number of thiophene rings is 1. The van der Waals surface area contributed by atoms with Crippen LogP contribution >= 0.6 is 27.3 Å². The van der Waals surface area contributed by atoms with Crippen molar-refractivity contribution in [3.63, 3.8) is 0 Å². The molecule has 0 fully saturated rings. The molecule has 0 atom stereocenters. The molecular formula is C11H8BrFN2O2S. The molecule has 0 aliphatic heterocycles. The lowest BCUT2D eigenvalue weighted by Crippen LogP contribution is -2.11. The fourth-order valence-corrected chi connectivity index (χ4v) is 2.70. The molecule has 2 aromatic heterocycles. The Kier molecular flexibility index (Phi) is 4.03. The molecule has 0 saturated carbocycles. The fraction of sp³-hybridized carbons (Fsp3) is 0.182. The van der Waals surface area contributed by atoms with Gasteiger partial charge in [-0.2, -0.15) is 0 Å². The number of ether oxygens (including phenoxy) is 1. The van der Waals surface area contributed by atoms with Gasteiger partial charge in [-0.05, 0) is 35.0 Å². The molecule has 2 aromatic rings. The maximum Gasteiger partial charge on any atom is 0.360 e. The van der Waals surface area contributed by atoms with Crippen LogP contribution in [-0.2, 0) is 4.74 Å². The Balaban J connectivity index is 2.45. The van der Waals surface area contributed by atoms with Crippen molar-refractivity contribution >= 4 is 33.2 Å². The minimum Gasteiger partial charge on any atom is -0.461 e. The Morgan fingerprint density at radius 3 is 2.89 bits per heavy atom. The average Bonchev–Trinajstić information content (AvgIpc) is 2.76. The van der Waals surface area contributed by atoms with Gasteiger partial charge >= 0.3 is 5.97 Å². The summed E-state index contributed by atoms with van der Waals surface area (Å²) in [6, 6.07) is 3.50. The Morgan fingerprint density at radius 1 is 1.50 bits per heavy atom. The van der Waals surface area contributed by atoms with Crippen molar-refractivity contribution in [2.75, 3.05) is 6.61 Å². The average molecular weight is 331 g/mol. The second-order valence-corrected chi connectivity index (χ2v) is 5.67. The van der Waals surface area contributed by atoms with E-state index in [-0.39, 0.29) is 18.0 Å². The van der Waals surface area contributed by atoms with Crippen LogP contribution in [0.1, 0.15) is 17.4 Å². The molecule has 0 unspecified atom stereocenters. The molecule has 0 aliphatic rings. The van der Waals surface area contributed by atoms with Crippen molar-refractivity contribution < 1.29 is 13.9 Å². The minimum atomic E-state index is -0.783. The molecule has 2 rings (SSSR count). The van der Waals surface area contributed by atoms with Gasteiger partial charge in [-0.3, -0.25) is 0 Å². The third-order valence-corrected chi connectivity index (χ3v) is 3.70. The Morgan fingerprint density at radius 2 is 2.28 bits per heavy atom. The minimum absolute atomic E-state index is 0.101. The van der Waals surface area contributed by atoms with Crippen LogP contribution < -0.4 is 0 Å². The fourth-order valence-electron chi connectivity index (χ4n) is 1.32. The van der Waals surface area contributed by atoms with Gasteiger partial charge in [-0.1, -0.05) is 0 Å². The zero-order valence-electron chi connectivity index (χ0n) is 9.31. The molecule has 0 radical (unpaired) electrons. The zero-order valence-corrected chi connectivity index (χ0v) is 11.7. The smallest absolute Gasteiger partial charge is 0.360 e. The lowest BCUT2D eigenvalue weighted by Gasteiger charge is -2.04. The first-order chi connectivity index (χ1) is 8.63. The lowest BCUT2D eigenvalue weighted by atomic mass is 10.2. The number of hydrogen-bond acceptors (Lipinski definition) is 5. The Hall–Kier alpha value is -1.34. The summed E-state index contributed by atoms with van der Waals surface area (Å²) in [5.74, 6) is -1.54. The van der Waals surface area contributed by atoms with E-state index in [1.807, 2.05) is 0 Å². The van der Waals surface area contributed by atoms with E-state index in [0.717, 1.165) is 10.1 Å². The molecule has 0 spiro atoms. The highest BCUT2D eigenvalue weighted by molar-refractivity contribution is 9.11. The highest BCUT2D eigenvalue weighted by Crippen LogP contribution is 2.31. The van der Waals surface area contributed by atoms with Crippen LogP contribution in [0.2, 0.25) is 0 Å². The standard InChI is InChI=1S/C11H8BrFN2O2S/c1-2-17-11(16)10-8(13)9(14-5-15-10)6-3-4-7(12)18-6/h3-5H,2H2,1H3. The summed E-state index contributed by atoms with van der Waals surface area (Å²) < 4.78 is 19.7. The van der Waals surface area contributed by atoms with Gasteiger partial charge in [0.2, 0.25) is 0 Å². The topological polar surface area (TPSA) is 52.1 Å². The second-order valence-electron chi connectivity index (χ2n) is 3.21. The monoisotopic (exact) mass is 330 g/mol. The number of rotatable bonds is 3. The number of nitrogens with zero attached hydrogens (tertiary/aromatic N) is 2. The van der Waals surface area contributed by atoms with Crippen molar-refractivity contribution in [2.45, 2.75) is 6.92 Å². The molecule has 7 heteroatoms. The van der Waals surface area contributed by atoms with Crippen LogP contribution in [-0.4, -0.2) is 22.5 Å². The number of hydrogen-bond donors (Lipinski definition) is 0. The molecule has 0 saturated heterocycles. The van der Waals surface area contributed by atoms with Gasteiger partial charge in [0.05, 0.1) is 15.3 Å². The summed E-state index contributed by atoms with van der Waals surface area (Å²) in [6.07, 6.45) is 1.15. The molecule has 0 N–H and O–H groups in total. The molecule has 0 bridgehead atoms. The normalized spacial score (nSPS) is 10.4. The Labute approximate surface area is 115 Å². The Bertz CT molecular complexity index is 588. The maximum absolute atomic E-state index is 14.1. The highest BCUT2D eigenvalue weighted by Gasteiger charge is 2.20. The highest BCUT2D eigenvalue weighted by atomic mass is 79.9. The van der Waals surface area contributed by atoms with Crippen LogP contribution in [0.25, 0.3) is 10.6 Å². The third kappa shape index (κ3) is 2.56. The van der Waals surface area contributed by atoms with E-state index in [2.05, 4.69) is 25.9 Å². The van der Waals surface area contributed by atoms with Gasteiger partial charge in [-0.15, -0.1) is 11.3 Å². The van der Waals surface area contributed by atoms with Crippen molar-refractivity contribution in [2.24, 2.45) is 0 Å². The van der Waals surface area contributed by atoms with Gasteiger partial charge in [0, 0.05) is 0 Å². The summed E-state index contributed by atoms with van der Waals surface area (Å²) in [5.41, 5.74) is -0.241. The van der Waals surface area contributed by atoms with Gasteiger partial charge in [0.1, 0.15) is 12.0 Å². The lowest BCUT2D eigenvalue weighted by molar-refractivity contribution is 0.0513. The molecular weight excluding hydrogens is 323 g/mol. The van der Waals surface area contributed by atoms with Gasteiger partial charge in [-0.25, -0.2) is 19.2 Å². The van der Waals surface area contributed by atoms with Crippen molar-refractivity contribution in [3.05, 3.63) is 33.8 Å². The molecule has 18 heavy (non-hydrogen) atoms. The summed E-state index contributed by atoms with van der Waals surface area (Å²) in [5, 5.41) is 0. The number of aromatic nitrogens is 2. The molecule has 0 aliphatic carbocycles. The van der Waals surface area contributed by atoms with E-state index in [0.29, 0.717) is 4.88 Å². The van der Waals surface area contributed by atoms with Crippen molar-refractivity contribution in [1.29, 1.82) is 0 Å².